The lowest BCUT2D eigenvalue weighted by atomic mass is 10.1. The van der Waals surface area contributed by atoms with Gasteiger partial charge >= 0.3 is 5.97 Å². The Morgan fingerprint density at radius 1 is 1.42 bits per heavy atom. The zero-order valence-corrected chi connectivity index (χ0v) is 11.3. The Bertz CT molecular complexity index is 524. The van der Waals surface area contributed by atoms with Gasteiger partial charge in [0.05, 0.1) is 5.56 Å². The molecule has 0 unspecified atom stereocenters. The first kappa shape index (κ1) is 14.8. The van der Waals surface area contributed by atoms with E-state index in [9.17, 15) is 4.79 Å². The van der Waals surface area contributed by atoms with Gasteiger partial charge in [-0.3, -0.25) is 0 Å². The lowest BCUT2D eigenvalue weighted by Gasteiger charge is -2.20. The Morgan fingerprint density at radius 3 is 2.74 bits per heavy atom. The predicted molar refractivity (Wildman–Crippen MR) is 74.7 cm³/mol. The van der Waals surface area contributed by atoms with Gasteiger partial charge in [0, 0.05) is 11.5 Å². The van der Waals surface area contributed by atoms with Gasteiger partial charge in [0.1, 0.15) is 5.60 Å². The molecule has 0 bridgehead atoms. The standard InChI is InChI=1S/C14H17N3O2/c1-14(2,3)19-13(18)12-9-5-4-7-11(12)8-6-10-16-17-15/h4-9H,10H2,1-3H3. The lowest BCUT2D eigenvalue weighted by molar-refractivity contribution is 0.00693. The van der Waals surface area contributed by atoms with E-state index in [0.29, 0.717) is 5.56 Å². The molecule has 0 fully saturated rings. The Hall–Kier alpha value is -2.26. The van der Waals surface area contributed by atoms with Crippen LogP contribution >= 0.6 is 0 Å². The summed E-state index contributed by atoms with van der Waals surface area (Å²) in [7, 11) is 0. The molecule has 0 atom stereocenters. The minimum absolute atomic E-state index is 0.249. The third-order valence-electron chi connectivity index (χ3n) is 2.13. The second-order valence-electron chi connectivity index (χ2n) is 4.90. The van der Waals surface area contributed by atoms with Crippen LogP contribution < -0.4 is 0 Å². The first-order valence-electron chi connectivity index (χ1n) is 5.94. The zero-order chi connectivity index (χ0) is 14.3. The van der Waals surface area contributed by atoms with Crippen molar-refractivity contribution in [2.24, 2.45) is 5.11 Å². The number of rotatable bonds is 4. The van der Waals surface area contributed by atoms with E-state index >= 15 is 0 Å². The Kier molecular flexibility index (Phi) is 5.15. The molecule has 0 aliphatic heterocycles. The number of carbonyl (C=O) groups excluding carboxylic acids is 1. The normalized spacial score (nSPS) is 11.1. The topological polar surface area (TPSA) is 75.1 Å². The molecule has 0 saturated carbocycles. The first-order chi connectivity index (χ1) is 8.94. The van der Waals surface area contributed by atoms with Gasteiger partial charge in [0.15, 0.2) is 0 Å². The van der Waals surface area contributed by atoms with Crippen LogP contribution in [0, 0.1) is 0 Å². The molecule has 5 heteroatoms. The molecule has 100 valence electrons. The molecule has 0 saturated heterocycles. The van der Waals surface area contributed by atoms with Crippen molar-refractivity contribution in [1.82, 2.24) is 0 Å². The van der Waals surface area contributed by atoms with Crippen LogP contribution in [0.25, 0.3) is 16.5 Å². The van der Waals surface area contributed by atoms with Crippen LogP contribution in [0.15, 0.2) is 35.5 Å². The molecule has 0 N–H and O–H groups in total. The monoisotopic (exact) mass is 259 g/mol. The second-order valence-corrected chi connectivity index (χ2v) is 4.90. The van der Waals surface area contributed by atoms with Gasteiger partial charge < -0.3 is 4.74 Å². The van der Waals surface area contributed by atoms with Crippen molar-refractivity contribution >= 4 is 12.0 Å². The number of carbonyl (C=O) groups is 1. The maximum absolute atomic E-state index is 12.0. The maximum atomic E-state index is 12.0. The summed E-state index contributed by atoms with van der Waals surface area (Å²) in [6, 6.07) is 7.14. The van der Waals surface area contributed by atoms with Gasteiger partial charge in [0.2, 0.25) is 0 Å². The molecule has 0 aliphatic carbocycles. The van der Waals surface area contributed by atoms with Crippen molar-refractivity contribution in [1.29, 1.82) is 0 Å². The summed E-state index contributed by atoms with van der Waals surface area (Å²) in [5.74, 6) is -0.364. The van der Waals surface area contributed by atoms with Crippen molar-refractivity contribution in [3.05, 3.63) is 51.9 Å². The number of ether oxygens (including phenoxy) is 1. The third kappa shape index (κ3) is 5.27. The predicted octanol–water partition coefficient (Wildman–Crippen LogP) is 3.97. The number of nitrogens with zero attached hydrogens (tertiary/aromatic N) is 3. The van der Waals surface area contributed by atoms with Crippen LogP contribution in [-0.2, 0) is 4.74 Å². The van der Waals surface area contributed by atoms with E-state index in [1.165, 1.54) is 0 Å². The van der Waals surface area contributed by atoms with Crippen LogP contribution in [0.4, 0.5) is 0 Å². The summed E-state index contributed by atoms with van der Waals surface area (Å²) >= 11 is 0. The highest BCUT2D eigenvalue weighted by Gasteiger charge is 2.19. The van der Waals surface area contributed by atoms with E-state index in [2.05, 4.69) is 10.0 Å². The van der Waals surface area contributed by atoms with E-state index in [0.717, 1.165) is 5.56 Å². The first-order valence-corrected chi connectivity index (χ1v) is 5.94. The van der Waals surface area contributed by atoms with E-state index in [1.807, 2.05) is 32.9 Å². The summed E-state index contributed by atoms with van der Waals surface area (Å²) in [5.41, 5.74) is 8.89. The smallest absolute Gasteiger partial charge is 0.339 e. The molecule has 0 heterocycles. The van der Waals surface area contributed by atoms with Crippen LogP contribution in [0.1, 0.15) is 36.7 Å². The van der Waals surface area contributed by atoms with E-state index in [4.69, 9.17) is 10.3 Å². The zero-order valence-electron chi connectivity index (χ0n) is 11.3. The fourth-order valence-electron chi connectivity index (χ4n) is 1.42. The maximum Gasteiger partial charge on any atom is 0.339 e. The largest absolute Gasteiger partial charge is 0.456 e. The Morgan fingerprint density at radius 2 is 2.11 bits per heavy atom. The number of hydrogen-bond acceptors (Lipinski definition) is 3. The molecule has 19 heavy (non-hydrogen) atoms. The fourth-order valence-corrected chi connectivity index (χ4v) is 1.42. The highest BCUT2D eigenvalue weighted by atomic mass is 16.6. The molecule has 0 aromatic heterocycles. The lowest BCUT2D eigenvalue weighted by Crippen LogP contribution is -2.24. The molecule has 5 nitrogen and oxygen atoms in total. The molecular formula is C14H17N3O2. The summed E-state index contributed by atoms with van der Waals surface area (Å²) < 4.78 is 5.34. The third-order valence-corrected chi connectivity index (χ3v) is 2.13. The van der Waals surface area contributed by atoms with E-state index in [-0.39, 0.29) is 12.5 Å². The minimum atomic E-state index is -0.529. The molecule has 0 amide bonds. The van der Waals surface area contributed by atoms with Crippen molar-refractivity contribution in [3.8, 4) is 0 Å². The van der Waals surface area contributed by atoms with Crippen molar-refractivity contribution in [2.45, 2.75) is 26.4 Å². The molecule has 0 spiro atoms. The molecular weight excluding hydrogens is 242 g/mol. The average Bonchev–Trinajstić information content (AvgIpc) is 2.33. The number of azide groups is 1. The molecule has 1 aromatic rings. The Labute approximate surface area is 112 Å². The number of benzene rings is 1. The van der Waals surface area contributed by atoms with Crippen molar-refractivity contribution < 1.29 is 9.53 Å². The van der Waals surface area contributed by atoms with Gasteiger partial charge in [-0.15, -0.1) is 0 Å². The van der Waals surface area contributed by atoms with Crippen LogP contribution in [0.5, 0.6) is 0 Å². The average molecular weight is 259 g/mol. The van der Waals surface area contributed by atoms with Gasteiger partial charge in [-0.1, -0.05) is 35.5 Å². The molecule has 0 radical (unpaired) electrons. The van der Waals surface area contributed by atoms with Crippen LogP contribution in [0.2, 0.25) is 0 Å². The highest BCUT2D eigenvalue weighted by Crippen LogP contribution is 2.16. The highest BCUT2D eigenvalue weighted by molar-refractivity contribution is 5.93. The summed E-state index contributed by atoms with van der Waals surface area (Å²) in [6.07, 6.45) is 3.44. The second kappa shape index (κ2) is 6.61. The van der Waals surface area contributed by atoms with Crippen molar-refractivity contribution in [2.75, 3.05) is 6.54 Å². The Balaban J connectivity index is 2.92. The van der Waals surface area contributed by atoms with E-state index < -0.39 is 5.60 Å². The SMILES string of the molecule is CC(C)(C)OC(=O)c1ccccc1C=CCN=[N+]=[N-]. The van der Waals surface area contributed by atoms with Crippen LogP contribution in [0.3, 0.4) is 0 Å². The van der Waals surface area contributed by atoms with Gasteiger partial charge in [0.25, 0.3) is 0 Å². The molecule has 0 aliphatic rings. The molecule has 1 rings (SSSR count). The molecule has 1 aromatic carbocycles. The summed E-state index contributed by atoms with van der Waals surface area (Å²) in [4.78, 5) is 14.7. The van der Waals surface area contributed by atoms with Gasteiger partial charge in [-0.25, -0.2) is 4.79 Å². The van der Waals surface area contributed by atoms with Gasteiger partial charge in [-0.2, -0.15) is 0 Å². The van der Waals surface area contributed by atoms with Crippen LogP contribution in [-0.4, -0.2) is 18.1 Å². The number of hydrogen-bond donors (Lipinski definition) is 0. The quantitative estimate of drug-likeness (QED) is 0.355. The fraction of sp³-hybridized carbons (Fsp3) is 0.357. The minimum Gasteiger partial charge on any atom is -0.456 e. The van der Waals surface area contributed by atoms with E-state index in [1.54, 1.807) is 24.3 Å². The summed E-state index contributed by atoms with van der Waals surface area (Å²) in [5, 5.41) is 3.40. The van der Waals surface area contributed by atoms with Crippen molar-refractivity contribution in [3.63, 3.8) is 0 Å². The summed E-state index contributed by atoms with van der Waals surface area (Å²) in [6.45, 7) is 5.72. The number of esters is 1. The van der Waals surface area contributed by atoms with Gasteiger partial charge in [-0.05, 0) is 37.9 Å².